The standard InChI is InChI=1S/C10H14O2.C2H6/c1-9(11)12-8-10-6-4-2-3-5-7-10;1-2/h2,4,6H,3,5,7-8H2,1H3;1-2H3. The van der Waals surface area contributed by atoms with E-state index in [1.54, 1.807) is 0 Å². The molecule has 2 nitrogen and oxygen atoms in total. The lowest BCUT2D eigenvalue weighted by Crippen LogP contribution is -2.02. The number of ether oxygens (including phenoxy) is 1. The van der Waals surface area contributed by atoms with Gasteiger partial charge >= 0.3 is 5.97 Å². The first kappa shape index (κ1) is 12.9. The molecule has 80 valence electrons. The van der Waals surface area contributed by atoms with Gasteiger partial charge in [-0.25, -0.2) is 0 Å². The van der Waals surface area contributed by atoms with E-state index in [-0.39, 0.29) is 5.97 Å². The molecule has 0 bridgehead atoms. The minimum atomic E-state index is -0.205. The Balaban J connectivity index is 0.000000791. The van der Waals surface area contributed by atoms with E-state index in [4.69, 9.17) is 4.74 Å². The van der Waals surface area contributed by atoms with Gasteiger partial charge in [0, 0.05) is 6.92 Å². The maximum absolute atomic E-state index is 10.5. The van der Waals surface area contributed by atoms with Gasteiger partial charge in [-0.1, -0.05) is 32.1 Å². The Kier molecular flexibility index (Phi) is 7.90. The summed E-state index contributed by atoms with van der Waals surface area (Å²) in [4.78, 5) is 10.5. The summed E-state index contributed by atoms with van der Waals surface area (Å²) in [6.45, 7) is 5.90. The SMILES string of the molecule is CC.CC(=O)OCC1=CC=CCCC1. The van der Waals surface area contributed by atoms with Crippen LogP contribution in [0.5, 0.6) is 0 Å². The number of carbonyl (C=O) groups excluding carboxylic acids is 1. The average Bonchev–Trinajstić information content (AvgIpc) is 2.46. The van der Waals surface area contributed by atoms with Gasteiger partial charge < -0.3 is 4.74 Å². The largest absolute Gasteiger partial charge is 0.461 e. The van der Waals surface area contributed by atoms with Crippen molar-refractivity contribution in [3.8, 4) is 0 Å². The summed E-state index contributed by atoms with van der Waals surface area (Å²) in [7, 11) is 0. The Bertz CT molecular complexity index is 214. The van der Waals surface area contributed by atoms with Gasteiger partial charge in [-0.05, 0) is 24.8 Å². The molecule has 0 saturated carbocycles. The number of hydrogen-bond donors (Lipinski definition) is 0. The van der Waals surface area contributed by atoms with Crippen molar-refractivity contribution in [3.63, 3.8) is 0 Å². The highest BCUT2D eigenvalue weighted by Crippen LogP contribution is 2.12. The molecule has 0 amide bonds. The van der Waals surface area contributed by atoms with Gasteiger partial charge in [0.2, 0.25) is 0 Å². The Morgan fingerprint density at radius 1 is 1.50 bits per heavy atom. The molecule has 0 atom stereocenters. The first-order valence-corrected chi connectivity index (χ1v) is 5.27. The molecule has 2 heteroatoms. The van der Waals surface area contributed by atoms with Gasteiger partial charge in [0.05, 0.1) is 0 Å². The van der Waals surface area contributed by atoms with Crippen molar-refractivity contribution in [1.29, 1.82) is 0 Å². The maximum atomic E-state index is 10.5. The van der Waals surface area contributed by atoms with Crippen LogP contribution in [0.2, 0.25) is 0 Å². The van der Waals surface area contributed by atoms with Crippen LogP contribution in [0.3, 0.4) is 0 Å². The molecule has 0 radical (unpaired) electrons. The molecule has 1 aliphatic rings. The number of hydrogen-bond acceptors (Lipinski definition) is 2. The summed E-state index contributed by atoms with van der Waals surface area (Å²) in [5.41, 5.74) is 1.21. The third-order valence-corrected chi connectivity index (χ3v) is 1.80. The van der Waals surface area contributed by atoms with E-state index < -0.39 is 0 Å². The molecule has 0 spiro atoms. The molecule has 0 saturated heterocycles. The summed E-state index contributed by atoms with van der Waals surface area (Å²) < 4.78 is 4.90. The number of carbonyl (C=O) groups is 1. The van der Waals surface area contributed by atoms with Crippen LogP contribution < -0.4 is 0 Å². The van der Waals surface area contributed by atoms with Gasteiger partial charge in [0.1, 0.15) is 6.61 Å². The topological polar surface area (TPSA) is 26.3 Å². The van der Waals surface area contributed by atoms with E-state index in [1.165, 1.54) is 12.5 Å². The second-order valence-corrected chi connectivity index (χ2v) is 2.93. The second-order valence-electron chi connectivity index (χ2n) is 2.93. The first-order chi connectivity index (χ1) is 6.79. The van der Waals surface area contributed by atoms with Crippen molar-refractivity contribution in [2.75, 3.05) is 6.61 Å². The molecule has 0 aromatic rings. The molecule has 0 heterocycles. The minimum absolute atomic E-state index is 0.205. The fourth-order valence-corrected chi connectivity index (χ4v) is 1.15. The Morgan fingerprint density at radius 3 is 2.86 bits per heavy atom. The third-order valence-electron chi connectivity index (χ3n) is 1.80. The summed E-state index contributed by atoms with van der Waals surface area (Å²) in [6.07, 6.45) is 9.53. The molecule has 14 heavy (non-hydrogen) atoms. The quantitative estimate of drug-likeness (QED) is 0.634. The van der Waals surface area contributed by atoms with E-state index in [2.05, 4.69) is 6.08 Å². The van der Waals surface area contributed by atoms with Crippen LogP contribution in [0, 0.1) is 0 Å². The highest BCUT2D eigenvalue weighted by Gasteiger charge is 2.00. The van der Waals surface area contributed by atoms with E-state index in [1.807, 2.05) is 26.0 Å². The van der Waals surface area contributed by atoms with Gasteiger partial charge in [-0.2, -0.15) is 0 Å². The third kappa shape index (κ3) is 6.46. The van der Waals surface area contributed by atoms with Crippen LogP contribution in [0.4, 0.5) is 0 Å². The minimum Gasteiger partial charge on any atom is -0.461 e. The Labute approximate surface area is 86.6 Å². The lowest BCUT2D eigenvalue weighted by molar-refractivity contribution is -0.140. The number of allylic oxidation sites excluding steroid dienone is 3. The zero-order valence-electron chi connectivity index (χ0n) is 9.38. The normalized spacial score (nSPS) is 14.6. The van der Waals surface area contributed by atoms with Crippen molar-refractivity contribution in [2.45, 2.75) is 40.0 Å². The molecule has 0 fully saturated rings. The van der Waals surface area contributed by atoms with Gasteiger partial charge in [0.25, 0.3) is 0 Å². The van der Waals surface area contributed by atoms with Crippen molar-refractivity contribution in [3.05, 3.63) is 23.8 Å². The smallest absolute Gasteiger partial charge is 0.302 e. The first-order valence-electron chi connectivity index (χ1n) is 5.27. The lowest BCUT2D eigenvalue weighted by Gasteiger charge is -2.04. The molecule has 0 unspecified atom stereocenters. The van der Waals surface area contributed by atoms with Crippen LogP contribution in [-0.2, 0) is 9.53 Å². The highest BCUT2D eigenvalue weighted by molar-refractivity contribution is 5.66. The summed E-state index contributed by atoms with van der Waals surface area (Å²) in [6, 6.07) is 0. The van der Waals surface area contributed by atoms with Gasteiger partial charge in [-0.3, -0.25) is 4.79 Å². The molecule has 0 N–H and O–H groups in total. The molecule has 1 rings (SSSR count). The monoisotopic (exact) mass is 196 g/mol. The average molecular weight is 196 g/mol. The Hall–Kier alpha value is -1.05. The van der Waals surface area contributed by atoms with Crippen molar-refractivity contribution in [2.24, 2.45) is 0 Å². The van der Waals surface area contributed by atoms with Crippen LogP contribution in [-0.4, -0.2) is 12.6 Å². The summed E-state index contributed by atoms with van der Waals surface area (Å²) in [5, 5.41) is 0. The molecular weight excluding hydrogens is 176 g/mol. The van der Waals surface area contributed by atoms with Crippen LogP contribution >= 0.6 is 0 Å². The maximum Gasteiger partial charge on any atom is 0.302 e. The summed E-state index contributed by atoms with van der Waals surface area (Å²) in [5.74, 6) is -0.205. The number of rotatable bonds is 2. The van der Waals surface area contributed by atoms with Crippen molar-refractivity contribution >= 4 is 5.97 Å². The predicted molar refractivity (Wildman–Crippen MR) is 59.1 cm³/mol. The van der Waals surface area contributed by atoms with Crippen LogP contribution in [0.1, 0.15) is 40.0 Å². The van der Waals surface area contributed by atoms with Gasteiger partial charge in [0.15, 0.2) is 0 Å². The zero-order valence-corrected chi connectivity index (χ0v) is 9.38. The van der Waals surface area contributed by atoms with Crippen LogP contribution in [0.15, 0.2) is 23.8 Å². The molecule has 0 aliphatic heterocycles. The fraction of sp³-hybridized carbons (Fsp3) is 0.583. The lowest BCUT2D eigenvalue weighted by atomic mass is 10.1. The highest BCUT2D eigenvalue weighted by atomic mass is 16.5. The van der Waals surface area contributed by atoms with Gasteiger partial charge in [-0.15, -0.1) is 0 Å². The predicted octanol–water partition coefficient (Wildman–Crippen LogP) is 3.24. The number of esters is 1. The molecule has 1 aliphatic carbocycles. The summed E-state index contributed by atoms with van der Waals surface area (Å²) >= 11 is 0. The Morgan fingerprint density at radius 2 is 2.21 bits per heavy atom. The van der Waals surface area contributed by atoms with Crippen LogP contribution in [0.25, 0.3) is 0 Å². The van der Waals surface area contributed by atoms with E-state index in [9.17, 15) is 4.79 Å². The fourth-order valence-electron chi connectivity index (χ4n) is 1.15. The molecule has 0 aromatic heterocycles. The van der Waals surface area contributed by atoms with Crippen molar-refractivity contribution in [1.82, 2.24) is 0 Å². The molecular formula is C12H20O2. The van der Waals surface area contributed by atoms with Crippen molar-refractivity contribution < 1.29 is 9.53 Å². The van der Waals surface area contributed by atoms with E-state index in [0.29, 0.717) is 6.61 Å². The van der Waals surface area contributed by atoms with E-state index in [0.717, 1.165) is 19.3 Å². The van der Waals surface area contributed by atoms with E-state index >= 15 is 0 Å². The zero-order chi connectivity index (χ0) is 10.8. The second kappa shape index (κ2) is 8.54. The molecule has 0 aromatic carbocycles.